The number of halogens is 2. The highest BCUT2D eigenvalue weighted by Gasteiger charge is 2.22. The predicted molar refractivity (Wildman–Crippen MR) is 83.5 cm³/mol. The lowest BCUT2D eigenvalue weighted by atomic mass is 10.0. The minimum absolute atomic E-state index is 0.130. The number of hydrogen-bond donors (Lipinski definition) is 1. The van der Waals surface area contributed by atoms with Gasteiger partial charge in [-0.15, -0.1) is 0 Å². The predicted octanol–water partition coefficient (Wildman–Crippen LogP) is 4.15. The molecule has 1 unspecified atom stereocenters. The van der Waals surface area contributed by atoms with E-state index in [0.717, 1.165) is 12.1 Å². The van der Waals surface area contributed by atoms with Gasteiger partial charge in [0.1, 0.15) is 17.2 Å². The van der Waals surface area contributed by atoms with E-state index in [-0.39, 0.29) is 17.5 Å². The number of Topliss-reactive ketones (excluding diaryl/α,β-unsaturated/α-hetero) is 1. The molecule has 1 aromatic rings. The van der Waals surface area contributed by atoms with Crippen molar-refractivity contribution < 1.29 is 23.1 Å². The Morgan fingerprint density at radius 1 is 1.22 bits per heavy atom. The lowest BCUT2D eigenvalue weighted by molar-refractivity contribution is 0.0500. The van der Waals surface area contributed by atoms with Gasteiger partial charge in [-0.25, -0.2) is 13.6 Å². The smallest absolute Gasteiger partial charge is 0.407 e. The summed E-state index contributed by atoms with van der Waals surface area (Å²) >= 11 is 0. The molecule has 6 heteroatoms. The Kier molecular flexibility index (Phi) is 6.24. The molecule has 0 aromatic heterocycles. The Hall–Kier alpha value is -1.98. The van der Waals surface area contributed by atoms with Crippen molar-refractivity contribution in [2.24, 2.45) is 0 Å². The standard InChI is InChI=1S/C17H23F2NO3/c1-6-11(20-16(22)23-17(3,4)5)8-15(21)12-9-13(18)10(2)7-14(12)19/h7,9,11H,6,8H2,1-5H3,(H,20,22). The molecule has 0 saturated heterocycles. The summed E-state index contributed by atoms with van der Waals surface area (Å²) in [4.78, 5) is 23.9. The summed E-state index contributed by atoms with van der Waals surface area (Å²) < 4.78 is 32.5. The zero-order chi connectivity index (χ0) is 17.8. The summed E-state index contributed by atoms with van der Waals surface area (Å²) in [5, 5.41) is 2.57. The largest absolute Gasteiger partial charge is 0.444 e. The summed E-state index contributed by atoms with van der Waals surface area (Å²) in [5.41, 5.74) is -0.825. The van der Waals surface area contributed by atoms with Gasteiger partial charge in [-0.3, -0.25) is 4.79 Å². The van der Waals surface area contributed by atoms with Gasteiger partial charge in [-0.05, 0) is 51.8 Å². The molecule has 1 amide bonds. The summed E-state index contributed by atoms with van der Waals surface area (Å²) in [6.07, 6.45) is -0.316. The van der Waals surface area contributed by atoms with Crippen LogP contribution in [0.2, 0.25) is 0 Å². The molecule has 0 spiro atoms. The minimum Gasteiger partial charge on any atom is -0.444 e. The van der Waals surface area contributed by atoms with Gasteiger partial charge < -0.3 is 10.1 Å². The SMILES string of the molecule is CCC(CC(=O)c1cc(F)c(C)cc1F)NC(=O)OC(C)(C)C. The van der Waals surface area contributed by atoms with Crippen molar-refractivity contribution in [3.8, 4) is 0 Å². The molecule has 128 valence electrons. The van der Waals surface area contributed by atoms with Crippen LogP contribution in [0.15, 0.2) is 12.1 Å². The summed E-state index contributed by atoms with van der Waals surface area (Å²) in [5.74, 6) is -1.96. The van der Waals surface area contributed by atoms with Gasteiger partial charge in [0.25, 0.3) is 0 Å². The van der Waals surface area contributed by atoms with Crippen molar-refractivity contribution in [3.05, 3.63) is 34.9 Å². The fraction of sp³-hybridized carbons (Fsp3) is 0.529. The van der Waals surface area contributed by atoms with Crippen molar-refractivity contribution in [3.63, 3.8) is 0 Å². The quantitative estimate of drug-likeness (QED) is 0.827. The number of hydrogen-bond acceptors (Lipinski definition) is 3. The average Bonchev–Trinajstić information content (AvgIpc) is 2.39. The number of carbonyl (C=O) groups is 2. The Morgan fingerprint density at radius 3 is 2.35 bits per heavy atom. The molecule has 1 rings (SSSR count). The Balaban J connectivity index is 2.78. The molecule has 1 atom stereocenters. The number of ketones is 1. The molecular weight excluding hydrogens is 304 g/mol. The van der Waals surface area contributed by atoms with E-state index in [1.54, 1.807) is 27.7 Å². The van der Waals surface area contributed by atoms with Crippen LogP contribution in [0.25, 0.3) is 0 Å². The van der Waals surface area contributed by atoms with Crippen LogP contribution in [0.4, 0.5) is 13.6 Å². The normalized spacial score (nSPS) is 12.7. The van der Waals surface area contributed by atoms with Crippen LogP contribution in [0.5, 0.6) is 0 Å². The van der Waals surface area contributed by atoms with Crippen LogP contribution in [-0.2, 0) is 4.74 Å². The molecule has 4 nitrogen and oxygen atoms in total. The van der Waals surface area contributed by atoms with Crippen LogP contribution >= 0.6 is 0 Å². The number of nitrogens with one attached hydrogen (secondary N) is 1. The molecule has 0 heterocycles. The van der Waals surface area contributed by atoms with Crippen molar-refractivity contribution >= 4 is 11.9 Å². The van der Waals surface area contributed by atoms with E-state index in [4.69, 9.17) is 4.74 Å². The second-order valence-electron chi connectivity index (χ2n) is 6.46. The maximum atomic E-state index is 13.8. The molecule has 1 aromatic carbocycles. The first-order chi connectivity index (χ1) is 10.5. The minimum atomic E-state index is -0.763. The second kappa shape index (κ2) is 7.53. The third-order valence-electron chi connectivity index (χ3n) is 3.19. The number of carbonyl (C=O) groups excluding carboxylic acids is 2. The molecule has 1 N–H and O–H groups in total. The van der Waals surface area contributed by atoms with E-state index in [2.05, 4.69) is 5.32 Å². The third kappa shape index (κ3) is 5.96. The van der Waals surface area contributed by atoms with Gasteiger partial charge in [0.05, 0.1) is 5.56 Å². The van der Waals surface area contributed by atoms with Gasteiger partial charge in [-0.1, -0.05) is 6.92 Å². The molecule has 23 heavy (non-hydrogen) atoms. The number of benzene rings is 1. The topological polar surface area (TPSA) is 55.4 Å². The highest BCUT2D eigenvalue weighted by Crippen LogP contribution is 2.17. The number of aryl methyl sites for hydroxylation is 1. The van der Waals surface area contributed by atoms with Gasteiger partial charge in [0.2, 0.25) is 0 Å². The van der Waals surface area contributed by atoms with Crippen molar-refractivity contribution in [2.45, 2.75) is 59.1 Å². The number of ether oxygens (including phenoxy) is 1. The second-order valence-corrected chi connectivity index (χ2v) is 6.46. The number of alkyl carbamates (subject to hydrolysis) is 1. The highest BCUT2D eigenvalue weighted by atomic mass is 19.1. The summed E-state index contributed by atoms with van der Waals surface area (Å²) in [7, 11) is 0. The van der Waals surface area contributed by atoms with Crippen LogP contribution in [0.3, 0.4) is 0 Å². The number of rotatable bonds is 5. The number of amides is 1. The van der Waals surface area contributed by atoms with E-state index in [0.29, 0.717) is 6.42 Å². The molecular formula is C17H23F2NO3. The average molecular weight is 327 g/mol. The van der Waals surface area contributed by atoms with Gasteiger partial charge >= 0.3 is 6.09 Å². The lowest BCUT2D eigenvalue weighted by Crippen LogP contribution is -2.40. The fourth-order valence-electron chi connectivity index (χ4n) is 1.97. The van der Waals surface area contributed by atoms with E-state index in [1.807, 2.05) is 0 Å². The zero-order valence-corrected chi connectivity index (χ0v) is 14.1. The Bertz CT molecular complexity index is 594. The van der Waals surface area contributed by atoms with E-state index < -0.39 is 35.2 Å². The van der Waals surface area contributed by atoms with Crippen LogP contribution < -0.4 is 5.32 Å². The van der Waals surface area contributed by atoms with E-state index >= 15 is 0 Å². The molecule has 0 fully saturated rings. The maximum Gasteiger partial charge on any atom is 0.407 e. The van der Waals surface area contributed by atoms with Gasteiger partial charge in [0.15, 0.2) is 5.78 Å². The molecule has 0 radical (unpaired) electrons. The first kappa shape index (κ1) is 19.1. The van der Waals surface area contributed by atoms with Gasteiger partial charge in [0, 0.05) is 12.5 Å². The Labute approximate surface area is 135 Å². The van der Waals surface area contributed by atoms with Crippen molar-refractivity contribution in [1.29, 1.82) is 0 Å². The fourth-order valence-corrected chi connectivity index (χ4v) is 1.97. The van der Waals surface area contributed by atoms with Crippen LogP contribution in [0, 0.1) is 18.6 Å². The summed E-state index contributed by atoms with van der Waals surface area (Å²) in [6.45, 7) is 8.38. The molecule has 0 aliphatic carbocycles. The highest BCUT2D eigenvalue weighted by molar-refractivity contribution is 5.97. The Morgan fingerprint density at radius 2 is 1.83 bits per heavy atom. The van der Waals surface area contributed by atoms with Crippen molar-refractivity contribution in [1.82, 2.24) is 5.32 Å². The lowest BCUT2D eigenvalue weighted by Gasteiger charge is -2.22. The van der Waals surface area contributed by atoms with Crippen LogP contribution in [0.1, 0.15) is 56.5 Å². The zero-order valence-electron chi connectivity index (χ0n) is 14.1. The first-order valence-corrected chi connectivity index (χ1v) is 7.51. The first-order valence-electron chi connectivity index (χ1n) is 7.51. The van der Waals surface area contributed by atoms with E-state index in [1.165, 1.54) is 6.92 Å². The van der Waals surface area contributed by atoms with Crippen molar-refractivity contribution in [2.75, 3.05) is 0 Å². The van der Waals surface area contributed by atoms with Gasteiger partial charge in [-0.2, -0.15) is 0 Å². The summed E-state index contributed by atoms with van der Waals surface area (Å²) in [6, 6.07) is 1.37. The van der Waals surface area contributed by atoms with Crippen LogP contribution in [-0.4, -0.2) is 23.5 Å². The van der Waals surface area contributed by atoms with E-state index in [9.17, 15) is 18.4 Å². The molecule has 0 aliphatic heterocycles. The maximum absolute atomic E-state index is 13.8. The molecule has 0 saturated carbocycles. The third-order valence-corrected chi connectivity index (χ3v) is 3.19. The molecule has 0 aliphatic rings. The monoisotopic (exact) mass is 327 g/mol. The molecule has 0 bridgehead atoms.